The number of benzene rings is 1. The van der Waals surface area contributed by atoms with Crippen molar-refractivity contribution in [3.05, 3.63) is 30.1 Å². The first-order chi connectivity index (χ1) is 8.69. The molecule has 18 heavy (non-hydrogen) atoms. The van der Waals surface area contributed by atoms with Gasteiger partial charge in [-0.2, -0.15) is 13.8 Å². The van der Waals surface area contributed by atoms with Gasteiger partial charge in [0.1, 0.15) is 5.75 Å². The van der Waals surface area contributed by atoms with Gasteiger partial charge in [-0.25, -0.2) is 0 Å². The molecule has 0 saturated heterocycles. The van der Waals surface area contributed by atoms with Gasteiger partial charge in [0, 0.05) is 12.0 Å². The Balaban J connectivity index is 2.12. The fourth-order valence-corrected chi connectivity index (χ4v) is 1.38. The minimum atomic E-state index is -2.84. The van der Waals surface area contributed by atoms with E-state index in [1.807, 2.05) is 0 Å². The summed E-state index contributed by atoms with van der Waals surface area (Å²) in [4.78, 5) is 4.11. The average molecular weight is 255 g/mol. The van der Waals surface area contributed by atoms with E-state index in [2.05, 4.69) is 14.9 Å². The zero-order valence-electron chi connectivity index (χ0n) is 9.35. The molecule has 0 saturated carbocycles. The van der Waals surface area contributed by atoms with E-state index >= 15 is 0 Å². The first-order valence-electron chi connectivity index (χ1n) is 5.27. The van der Waals surface area contributed by atoms with Gasteiger partial charge < -0.3 is 15.0 Å². The number of alkyl halides is 2. The molecule has 0 aliphatic rings. The highest BCUT2D eigenvalue weighted by Gasteiger charge is 2.09. The van der Waals surface area contributed by atoms with Crippen LogP contribution in [0.2, 0.25) is 0 Å². The smallest absolute Gasteiger partial charge is 0.387 e. The lowest BCUT2D eigenvalue weighted by Crippen LogP contribution is -2.03. The van der Waals surface area contributed by atoms with E-state index < -0.39 is 6.61 Å². The predicted molar refractivity (Wildman–Crippen MR) is 59.1 cm³/mol. The van der Waals surface area contributed by atoms with E-state index in [0.29, 0.717) is 30.2 Å². The molecule has 0 atom stereocenters. The zero-order valence-corrected chi connectivity index (χ0v) is 9.35. The van der Waals surface area contributed by atoms with Gasteiger partial charge in [-0.05, 0) is 30.8 Å². The summed E-state index contributed by atoms with van der Waals surface area (Å²) < 4.78 is 33.2. The Kier molecular flexibility index (Phi) is 3.83. The van der Waals surface area contributed by atoms with Crippen LogP contribution in [0.4, 0.5) is 8.78 Å². The van der Waals surface area contributed by atoms with Crippen LogP contribution in [0, 0.1) is 0 Å². The molecule has 0 radical (unpaired) electrons. The third kappa shape index (κ3) is 3.01. The van der Waals surface area contributed by atoms with E-state index in [1.165, 1.54) is 12.1 Å². The number of hydrogen-bond acceptors (Lipinski definition) is 5. The molecule has 0 aliphatic heterocycles. The van der Waals surface area contributed by atoms with Crippen LogP contribution in [0.15, 0.2) is 28.8 Å². The van der Waals surface area contributed by atoms with E-state index in [-0.39, 0.29) is 5.75 Å². The van der Waals surface area contributed by atoms with Crippen LogP contribution in [-0.2, 0) is 6.42 Å². The summed E-state index contributed by atoms with van der Waals surface area (Å²) in [7, 11) is 0. The minimum absolute atomic E-state index is 0.0791. The Labute approximate surface area is 102 Å². The number of aromatic nitrogens is 2. The lowest BCUT2D eigenvalue weighted by atomic mass is 10.2. The maximum atomic E-state index is 12.0. The molecule has 96 valence electrons. The van der Waals surface area contributed by atoms with E-state index in [1.54, 1.807) is 12.1 Å². The summed E-state index contributed by atoms with van der Waals surface area (Å²) in [6, 6.07) is 5.96. The lowest BCUT2D eigenvalue weighted by Gasteiger charge is -2.03. The van der Waals surface area contributed by atoms with Gasteiger partial charge in [-0.1, -0.05) is 5.16 Å². The normalized spacial score (nSPS) is 10.9. The van der Waals surface area contributed by atoms with E-state index in [0.717, 1.165) is 0 Å². The van der Waals surface area contributed by atoms with Crippen molar-refractivity contribution in [3.8, 4) is 17.2 Å². The number of nitrogens with zero attached hydrogens (tertiary/aromatic N) is 2. The third-order valence-corrected chi connectivity index (χ3v) is 2.16. The van der Waals surface area contributed by atoms with Crippen molar-refractivity contribution in [1.29, 1.82) is 0 Å². The van der Waals surface area contributed by atoms with Crippen LogP contribution in [0.5, 0.6) is 5.75 Å². The maximum Gasteiger partial charge on any atom is 0.387 e. The molecule has 0 amide bonds. The fraction of sp³-hybridized carbons (Fsp3) is 0.273. The molecule has 2 rings (SSSR count). The highest BCUT2D eigenvalue weighted by molar-refractivity contribution is 5.54. The van der Waals surface area contributed by atoms with Crippen molar-refractivity contribution in [2.75, 3.05) is 6.54 Å². The predicted octanol–water partition coefficient (Wildman–Crippen LogP) is 1.84. The summed E-state index contributed by atoms with van der Waals surface area (Å²) in [5, 5.41) is 3.74. The summed E-state index contributed by atoms with van der Waals surface area (Å²) >= 11 is 0. The van der Waals surface area contributed by atoms with Crippen molar-refractivity contribution >= 4 is 0 Å². The second-order valence-corrected chi connectivity index (χ2v) is 3.46. The Bertz CT molecular complexity index is 499. The largest absolute Gasteiger partial charge is 0.435 e. The molecular formula is C11H11F2N3O2. The van der Waals surface area contributed by atoms with Crippen LogP contribution < -0.4 is 10.5 Å². The molecule has 0 unspecified atom stereocenters. The van der Waals surface area contributed by atoms with Gasteiger partial charge in [-0.3, -0.25) is 0 Å². The second kappa shape index (κ2) is 5.54. The topological polar surface area (TPSA) is 74.2 Å². The first-order valence-corrected chi connectivity index (χ1v) is 5.27. The highest BCUT2D eigenvalue weighted by Crippen LogP contribution is 2.21. The van der Waals surface area contributed by atoms with Crippen LogP contribution >= 0.6 is 0 Å². The van der Waals surface area contributed by atoms with Crippen molar-refractivity contribution in [3.63, 3.8) is 0 Å². The molecule has 2 aromatic rings. The number of ether oxygens (including phenoxy) is 1. The highest BCUT2D eigenvalue weighted by atomic mass is 19.3. The molecule has 1 aromatic heterocycles. The molecule has 0 spiro atoms. The summed E-state index contributed by atoms with van der Waals surface area (Å²) in [5.74, 6) is 0.915. The maximum absolute atomic E-state index is 12.0. The molecule has 7 heteroatoms. The average Bonchev–Trinajstić information content (AvgIpc) is 2.78. The van der Waals surface area contributed by atoms with E-state index in [9.17, 15) is 8.78 Å². The van der Waals surface area contributed by atoms with Gasteiger partial charge >= 0.3 is 6.61 Å². The van der Waals surface area contributed by atoms with Crippen LogP contribution in [0.25, 0.3) is 11.5 Å². The fourth-order valence-electron chi connectivity index (χ4n) is 1.38. The number of halogens is 2. The minimum Gasteiger partial charge on any atom is -0.435 e. The number of rotatable bonds is 5. The Hall–Kier alpha value is -2.02. The van der Waals surface area contributed by atoms with Gasteiger partial charge in [-0.15, -0.1) is 0 Å². The van der Waals surface area contributed by atoms with Gasteiger partial charge in [0.2, 0.25) is 0 Å². The standard InChI is InChI=1S/C11H11F2N3O2/c12-11(13)17-8-3-1-7(2-4-8)10-15-9(5-6-14)16-18-10/h1-4,11H,5-6,14H2. The molecule has 0 bridgehead atoms. The molecule has 5 nitrogen and oxygen atoms in total. The van der Waals surface area contributed by atoms with Crippen molar-refractivity contribution in [2.24, 2.45) is 5.73 Å². The van der Waals surface area contributed by atoms with Gasteiger partial charge in [0.05, 0.1) is 0 Å². The van der Waals surface area contributed by atoms with E-state index in [4.69, 9.17) is 10.3 Å². The first kappa shape index (κ1) is 12.4. The summed E-state index contributed by atoms with van der Waals surface area (Å²) in [6.07, 6.45) is 0.524. The van der Waals surface area contributed by atoms with Crippen LogP contribution in [0.3, 0.4) is 0 Å². The van der Waals surface area contributed by atoms with Crippen LogP contribution in [-0.4, -0.2) is 23.3 Å². The Morgan fingerprint density at radius 1 is 1.28 bits per heavy atom. The quantitative estimate of drug-likeness (QED) is 0.882. The zero-order chi connectivity index (χ0) is 13.0. The van der Waals surface area contributed by atoms with Crippen molar-refractivity contribution < 1.29 is 18.0 Å². The molecule has 0 fully saturated rings. The summed E-state index contributed by atoms with van der Waals surface area (Å²) in [6.45, 7) is -2.41. The molecular weight excluding hydrogens is 244 g/mol. The SMILES string of the molecule is NCCc1noc(-c2ccc(OC(F)F)cc2)n1. The Morgan fingerprint density at radius 2 is 2.00 bits per heavy atom. The third-order valence-electron chi connectivity index (χ3n) is 2.16. The monoisotopic (exact) mass is 255 g/mol. The Morgan fingerprint density at radius 3 is 2.61 bits per heavy atom. The number of nitrogens with two attached hydrogens (primary N) is 1. The van der Waals surface area contributed by atoms with Gasteiger partial charge in [0.25, 0.3) is 5.89 Å². The summed E-state index contributed by atoms with van der Waals surface area (Å²) in [5.41, 5.74) is 6.00. The lowest BCUT2D eigenvalue weighted by molar-refractivity contribution is -0.0498. The molecule has 0 aliphatic carbocycles. The number of hydrogen-bond donors (Lipinski definition) is 1. The van der Waals surface area contributed by atoms with Gasteiger partial charge in [0.15, 0.2) is 5.82 Å². The molecule has 1 heterocycles. The van der Waals surface area contributed by atoms with Crippen molar-refractivity contribution in [2.45, 2.75) is 13.0 Å². The second-order valence-electron chi connectivity index (χ2n) is 3.46. The van der Waals surface area contributed by atoms with Crippen molar-refractivity contribution in [1.82, 2.24) is 10.1 Å². The molecule has 1 aromatic carbocycles. The van der Waals surface area contributed by atoms with Crippen LogP contribution in [0.1, 0.15) is 5.82 Å². The molecule has 2 N–H and O–H groups in total.